The summed E-state index contributed by atoms with van der Waals surface area (Å²) in [5.74, 6) is 0.427. The van der Waals surface area contributed by atoms with E-state index < -0.39 is 0 Å². The second-order valence-electron chi connectivity index (χ2n) is 7.64. The standard InChI is InChI=1S/C21H22Cl2N2O/c22-14-4-5-15(18(23)10-14)13-8-12-2-1-3-20(26)25-19-6-7-24-11-17(19)16(9-13)21(12)25/h4-5,8-10,17,19-20,24,26H,1-3,6-7,11H2. The molecule has 3 aliphatic rings. The van der Waals surface area contributed by atoms with Crippen molar-refractivity contribution in [3.05, 3.63) is 51.5 Å². The zero-order valence-corrected chi connectivity index (χ0v) is 16.0. The molecule has 2 N–H and O–H groups in total. The monoisotopic (exact) mass is 388 g/mol. The van der Waals surface area contributed by atoms with Crippen molar-refractivity contribution in [1.82, 2.24) is 5.32 Å². The fraction of sp³-hybridized carbons (Fsp3) is 0.429. The van der Waals surface area contributed by atoms with Crippen LogP contribution in [0, 0.1) is 0 Å². The van der Waals surface area contributed by atoms with Gasteiger partial charge in [-0.25, -0.2) is 0 Å². The molecule has 0 radical (unpaired) electrons. The highest BCUT2D eigenvalue weighted by Gasteiger charge is 2.44. The van der Waals surface area contributed by atoms with Crippen LogP contribution in [0.5, 0.6) is 0 Å². The molecule has 5 rings (SSSR count). The van der Waals surface area contributed by atoms with E-state index in [4.69, 9.17) is 23.2 Å². The third-order valence-corrected chi connectivity index (χ3v) is 6.70. The van der Waals surface area contributed by atoms with E-state index >= 15 is 0 Å². The number of benzene rings is 2. The van der Waals surface area contributed by atoms with Gasteiger partial charge in [-0.05, 0) is 73.2 Å². The normalized spacial score (nSPS) is 27.0. The van der Waals surface area contributed by atoms with Crippen LogP contribution >= 0.6 is 23.2 Å². The second kappa shape index (κ2) is 6.42. The van der Waals surface area contributed by atoms with Crippen molar-refractivity contribution in [1.29, 1.82) is 0 Å². The molecule has 136 valence electrons. The summed E-state index contributed by atoms with van der Waals surface area (Å²) < 4.78 is 0. The molecule has 5 heteroatoms. The van der Waals surface area contributed by atoms with E-state index in [0.717, 1.165) is 49.9 Å². The lowest BCUT2D eigenvalue weighted by molar-refractivity contribution is 0.143. The number of nitrogens with one attached hydrogen (secondary N) is 1. The van der Waals surface area contributed by atoms with Crippen molar-refractivity contribution in [3.63, 3.8) is 0 Å². The van der Waals surface area contributed by atoms with E-state index in [-0.39, 0.29) is 6.23 Å². The van der Waals surface area contributed by atoms with E-state index in [9.17, 15) is 5.11 Å². The molecular formula is C21H22Cl2N2O. The lowest BCUT2D eigenvalue weighted by Crippen LogP contribution is -2.48. The molecule has 0 aliphatic carbocycles. The maximum absolute atomic E-state index is 10.8. The van der Waals surface area contributed by atoms with Gasteiger partial charge in [0.05, 0.1) is 0 Å². The number of nitrogens with zero attached hydrogens (tertiary/aromatic N) is 1. The molecule has 2 aromatic carbocycles. The van der Waals surface area contributed by atoms with Crippen molar-refractivity contribution in [2.75, 3.05) is 18.0 Å². The topological polar surface area (TPSA) is 35.5 Å². The van der Waals surface area contributed by atoms with Gasteiger partial charge in [0.2, 0.25) is 0 Å². The van der Waals surface area contributed by atoms with Gasteiger partial charge in [0.1, 0.15) is 6.23 Å². The number of aryl methyl sites for hydroxylation is 1. The van der Waals surface area contributed by atoms with Crippen LogP contribution in [-0.2, 0) is 6.42 Å². The Bertz CT molecular complexity index is 869. The molecule has 26 heavy (non-hydrogen) atoms. The van der Waals surface area contributed by atoms with E-state index in [1.807, 2.05) is 18.2 Å². The first-order valence-corrected chi connectivity index (χ1v) is 10.2. The third kappa shape index (κ3) is 2.56. The van der Waals surface area contributed by atoms with Gasteiger partial charge in [-0.2, -0.15) is 0 Å². The Balaban J connectivity index is 1.70. The highest BCUT2D eigenvalue weighted by Crippen LogP contribution is 2.50. The Morgan fingerprint density at radius 3 is 2.85 bits per heavy atom. The quantitative estimate of drug-likeness (QED) is 0.750. The Hall–Kier alpha value is -1.26. The molecule has 0 aromatic heterocycles. The summed E-state index contributed by atoms with van der Waals surface area (Å²) >= 11 is 12.6. The number of anilines is 1. The minimum atomic E-state index is -0.368. The molecule has 1 saturated heterocycles. The van der Waals surface area contributed by atoms with Crippen LogP contribution in [0.15, 0.2) is 30.3 Å². The molecular weight excluding hydrogens is 367 g/mol. The van der Waals surface area contributed by atoms with Crippen molar-refractivity contribution >= 4 is 28.9 Å². The molecule has 1 fully saturated rings. The molecule has 3 unspecified atom stereocenters. The van der Waals surface area contributed by atoms with Gasteiger partial charge in [-0.1, -0.05) is 29.3 Å². The molecule has 0 spiro atoms. The maximum Gasteiger partial charge on any atom is 0.127 e. The minimum Gasteiger partial charge on any atom is -0.374 e. The Labute approximate surface area is 163 Å². The zero-order valence-electron chi connectivity index (χ0n) is 14.5. The Morgan fingerprint density at radius 1 is 1.12 bits per heavy atom. The number of aliphatic hydroxyl groups excluding tert-OH is 1. The molecule has 3 nitrogen and oxygen atoms in total. The first-order chi connectivity index (χ1) is 12.6. The largest absolute Gasteiger partial charge is 0.374 e. The fourth-order valence-corrected chi connectivity index (χ4v) is 5.55. The van der Waals surface area contributed by atoms with E-state index in [2.05, 4.69) is 22.3 Å². The number of hydrogen-bond donors (Lipinski definition) is 2. The third-order valence-electron chi connectivity index (χ3n) is 6.15. The van der Waals surface area contributed by atoms with Crippen LogP contribution in [0.1, 0.15) is 36.3 Å². The van der Waals surface area contributed by atoms with Crippen molar-refractivity contribution in [2.45, 2.75) is 43.9 Å². The SMILES string of the molecule is OC1CCCc2cc(-c3ccc(Cl)cc3Cl)cc3c2N1C1CCNCC31. The molecule has 3 heterocycles. The van der Waals surface area contributed by atoms with Crippen LogP contribution < -0.4 is 10.2 Å². The lowest BCUT2D eigenvalue weighted by Gasteiger charge is -2.36. The molecule has 3 atom stereocenters. The lowest BCUT2D eigenvalue weighted by atomic mass is 9.87. The Kier molecular flexibility index (Phi) is 4.17. The molecule has 2 aromatic rings. The summed E-state index contributed by atoms with van der Waals surface area (Å²) in [5.41, 5.74) is 6.17. The van der Waals surface area contributed by atoms with Gasteiger partial charge >= 0.3 is 0 Å². The predicted octanol–water partition coefficient (Wildman–Crippen LogP) is 4.58. The van der Waals surface area contributed by atoms with Gasteiger partial charge in [-0.15, -0.1) is 0 Å². The minimum absolute atomic E-state index is 0.368. The summed E-state index contributed by atoms with van der Waals surface area (Å²) in [5, 5.41) is 15.7. The van der Waals surface area contributed by atoms with Gasteiger partial charge < -0.3 is 15.3 Å². The van der Waals surface area contributed by atoms with Crippen molar-refractivity contribution in [2.24, 2.45) is 0 Å². The van der Waals surface area contributed by atoms with Crippen LogP contribution in [0.4, 0.5) is 5.69 Å². The number of aliphatic hydroxyl groups is 1. The van der Waals surface area contributed by atoms with Crippen molar-refractivity contribution in [3.8, 4) is 11.1 Å². The zero-order chi connectivity index (χ0) is 17.8. The van der Waals surface area contributed by atoms with E-state index in [0.29, 0.717) is 22.0 Å². The highest BCUT2D eigenvalue weighted by molar-refractivity contribution is 6.36. The van der Waals surface area contributed by atoms with E-state index in [1.54, 1.807) is 0 Å². The maximum atomic E-state index is 10.8. The molecule has 0 amide bonds. The van der Waals surface area contributed by atoms with E-state index in [1.165, 1.54) is 16.8 Å². The second-order valence-corrected chi connectivity index (χ2v) is 8.49. The number of halogens is 2. The summed E-state index contributed by atoms with van der Waals surface area (Å²) in [7, 11) is 0. The fourth-order valence-electron chi connectivity index (χ4n) is 5.03. The van der Waals surface area contributed by atoms with Crippen LogP contribution in [0.25, 0.3) is 11.1 Å². The highest BCUT2D eigenvalue weighted by atomic mass is 35.5. The number of rotatable bonds is 1. The molecule has 0 saturated carbocycles. The summed E-state index contributed by atoms with van der Waals surface area (Å²) in [6.45, 7) is 1.99. The molecule has 3 aliphatic heterocycles. The van der Waals surface area contributed by atoms with Crippen molar-refractivity contribution < 1.29 is 5.11 Å². The molecule has 0 bridgehead atoms. The van der Waals surface area contributed by atoms with Gasteiger partial charge in [0.15, 0.2) is 0 Å². The van der Waals surface area contributed by atoms with Crippen LogP contribution in [0.2, 0.25) is 10.0 Å². The van der Waals surface area contributed by atoms with Gasteiger partial charge in [0.25, 0.3) is 0 Å². The van der Waals surface area contributed by atoms with Gasteiger partial charge in [-0.3, -0.25) is 0 Å². The summed E-state index contributed by atoms with van der Waals surface area (Å²) in [6, 6.07) is 10.7. The predicted molar refractivity (Wildman–Crippen MR) is 107 cm³/mol. The average Bonchev–Trinajstić information content (AvgIpc) is 2.86. The Morgan fingerprint density at radius 2 is 2.00 bits per heavy atom. The number of piperidine rings is 1. The smallest absolute Gasteiger partial charge is 0.127 e. The van der Waals surface area contributed by atoms with Crippen LogP contribution in [0.3, 0.4) is 0 Å². The average molecular weight is 389 g/mol. The number of hydrogen-bond acceptors (Lipinski definition) is 3. The first-order valence-electron chi connectivity index (χ1n) is 9.43. The first kappa shape index (κ1) is 16.9. The number of fused-ring (bicyclic) bond motifs is 3. The summed E-state index contributed by atoms with van der Waals surface area (Å²) in [4.78, 5) is 2.32. The van der Waals surface area contributed by atoms with Crippen LogP contribution in [-0.4, -0.2) is 30.5 Å². The van der Waals surface area contributed by atoms with Gasteiger partial charge in [0, 0.05) is 39.8 Å². The summed E-state index contributed by atoms with van der Waals surface area (Å²) in [6.07, 6.45) is 3.56.